The van der Waals surface area contributed by atoms with Crippen molar-refractivity contribution in [3.8, 4) is 11.3 Å². The molecule has 0 atom stereocenters. The molecule has 3 aromatic heterocycles. The van der Waals surface area contributed by atoms with Crippen molar-refractivity contribution in [2.75, 3.05) is 18.5 Å². The highest BCUT2D eigenvalue weighted by molar-refractivity contribution is 5.62. The first-order valence-electron chi connectivity index (χ1n) is 8.60. The van der Waals surface area contributed by atoms with Gasteiger partial charge in [0.25, 0.3) is 0 Å². The topological polar surface area (TPSA) is 80.3 Å². The number of benzene rings is 1. The van der Waals surface area contributed by atoms with E-state index in [4.69, 9.17) is 5.11 Å². The number of nitrogens with zero attached hydrogens (tertiary/aromatic N) is 5. The van der Waals surface area contributed by atoms with Crippen LogP contribution in [0, 0.1) is 0 Å². The van der Waals surface area contributed by atoms with Crippen LogP contribution in [0.4, 0.5) is 5.82 Å². The number of hydrogen-bond acceptors (Lipinski definition) is 5. The first-order chi connectivity index (χ1) is 12.8. The number of rotatable bonds is 7. The van der Waals surface area contributed by atoms with E-state index in [1.807, 2.05) is 58.1 Å². The molecule has 0 bridgehead atoms. The van der Waals surface area contributed by atoms with E-state index in [1.165, 1.54) is 5.56 Å². The lowest BCUT2D eigenvalue weighted by Gasteiger charge is -2.05. The third-order valence-electron chi connectivity index (χ3n) is 4.12. The smallest absolute Gasteiger partial charge is 0.154 e. The van der Waals surface area contributed by atoms with Gasteiger partial charge in [0.05, 0.1) is 24.6 Å². The summed E-state index contributed by atoms with van der Waals surface area (Å²) >= 11 is 0. The Kier molecular flexibility index (Phi) is 4.61. The molecule has 0 fully saturated rings. The fraction of sp³-hybridized carbons (Fsp3) is 0.211. The number of fused-ring (bicyclic) bond motifs is 1. The molecule has 0 amide bonds. The van der Waals surface area contributed by atoms with Crippen molar-refractivity contribution in [3.05, 3.63) is 66.6 Å². The maximum absolute atomic E-state index is 8.90. The first kappa shape index (κ1) is 16.3. The van der Waals surface area contributed by atoms with Crippen molar-refractivity contribution < 1.29 is 5.11 Å². The molecule has 0 aliphatic carbocycles. The third-order valence-corrected chi connectivity index (χ3v) is 4.12. The second kappa shape index (κ2) is 7.37. The van der Waals surface area contributed by atoms with Gasteiger partial charge in [0.15, 0.2) is 5.65 Å². The highest BCUT2D eigenvalue weighted by Crippen LogP contribution is 2.20. The van der Waals surface area contributed by atoms with Crippen LogP contribution in [0.25, 0.3) is 16.9 Å². The van der Waals surface area contributed by atoms with Gasteiger partial charge in [0.2, 0.25) is 0 Å². The van der Waals surface area contributed by atoms with E-state index in [2.05, 4.69) is 32.6 Å². The van der Waals surface area contributed by atoms with Crippen molar-refractivity contribution in [1.29, 1.82) is 0 Å². The summed E-state index contributed by atoms with van der Waals surface area (Å²) in [6.07, 6.45) is 6.33. The lowest BCUT2D eigenvalue weighted by atomic mass is 10.2. The SMILES string of the molecule is OCCCNc1ccc2ncc(-c3cnn(Cc4ccccc4)c3)n2n1. The average Bonchev–Trinajstić information content (AvgIpc) is 3.29. The molecule has 4 rings (SSSR count). The van der Waals surface area contributed by atoms with E-state index in [-0.39, 0.29) is 6.61 Å². The van der Waals surface area contributed by atoms with Gasteiger partial charge in [-0.2, -0.15) is 5.10 Å². The predicted octanol–water partition coefficient (Wildman–Crippen LogP) is 2.44. The van der Waals surface area contributed by atoms with E-state index < -0.39 is 0 Å². The van der Waals surface area contributed by atoms with E-state index in [0.29, 0.717) is 13.0 Å². The summed E-state index contributed by atoms with van der Waals surface area (Å²) in [5, 5.41) is 21.2. The Labute approximate surface area is 150 Å². The van der Waals surface area contributed by atoms with Crippen molar-refractivity contribution in [1.82, 2.24) is 24.4 Å². The molecular weight excluding hydrogens is 328 g/mol. The maximum atomic E-state index is 8.90. The van der Waals surface area contributed by atoms with Crippen LogP contribution in [0.1, 0.15) is 12.0 Å². The first-order valence-corrected chi connectivity index (χ1v) is 8.60. The standard InChI is InChI=1S/C19H20N6O/c26-10-4-9-20-18-7-8-19-21-12-17(25(19)23-18)16-11-22-24(14-16)13-15-5-2-1-3-6-15/h1-3,5-8,11-12,14,26H,4,9-10,13H2,(H,20,23). The summed E-state index contributed by atoms with van der Waals surface area (Å²) in [6.45, 7) is 1.55. The third kappa shape index (κ3) is 3.43. The van der Waals surface area contributed by atoms with Crippen molar-refractivity contribution in [3.63, 3.8) is 0 Å². The van der Waals surface area contributed by atoms with Gasteiger partial charge in [-0.05, 0) is 24.1 Å². The second-order valence-electron chi connectivity index (χ2n) is 6.05. The minimum atomic E-state index is 0.159. The summed E-state index contributed by atoms with van der Waals surface area (Å²) in [5.41, 5.74) is 3.84. The molecule has 0 aliphatic rings. The molecule has 0 unspecified atom stereocenters. The van der Waals surface area contributed by atoms with Gasteiger partial charge in [-0.15, -0.1) is 5.10 Å². The zero-order valence-electron chi connectivity index (χ0n) is 14.3. The Bertz CT molecular complexity index is 992. The van der Waals surface area contributed by atoms with Crippen molar-refractivity contribution >= 4 is 11.5 Å². The summed E-state index contributed by atoms with van der Waals surface area (Å²) in [5.74, 6) is 0.752. The lowest BCUT2D eigenvalue weighted by Crippen LogP contribution is -2.07. The zero-order valence-corrected chi connectivity index (χ0v) is 14.3. The quantitative estimate of drug-likeness (QED) is 0.502. The minimum Gasteiger partial charge on any atom is -0.396 e. The van der Waals surface area contributed by atoms with Crippen LogP contribution in [-0.4, -0.2) is 42.6 Å². The summed E-state index contributed by atoms with van der Waals surface area (Å²) in [4.78, 5) is 4.42. The predicted molar refractivity (Wildman–Crippen MR) is 99.9 cm³/mol. The van der Waals surface area contributed by atoms with Crippen LogP contribution in [0.3, 0.4) is 0 Å². The molecular formula is C19H20N6O. The lowest BCUT2D eigenvalue weighted by molar-refractivity contribution is 0.292. The Hall–Kier alpha value is -3.19. The van der Waals surface area contributed by atoms with Gasteiger partial charge in [-0.1, -0.05) is 30.3 Å². The van der Waals surface area contributed by atoms with Crippen LogP contribution in [0.5, 0.6) is 0 Å². The molecule has 7 nitrogen and oxygen atoms in total. The summed E-state index contributed by atoms with van der Waals surface area (Å²) in [6, 6.07) is 14.0. The normalized spacial score (nSPS) is 11.1. The number of aliphatic hydroxyl groups excluding tert-OH is 1. The van der Waals surface area contributed by atoms with Gasteiger partial charge >= 0.3 is 0 Å². The van der Waals surface area contributed by atoms with E-state index in [9.17, 15) is 0 Å². The molecule has 0 aliphatic heterocycles. The van der Waals surface area contributed by atoms with Gasteiger partial charge in [-0.25, -0.2) is 9.50 Å². The van der Waals surface area contributed by atoms with Crippen LogP contribution >= 0.6 is 0 Å². The molecule has 26 heavy (non-hydrogen) atoms. The van der Waals surface area contributed by atoms with Gasteiger partial charge < -0.3 is 10.4 Å². The van der Waals surface area contributed by atoms with Crippen LogP contribution in [0.2, 0.25) is 0 Å². The Morgan fingerprint density at radius 1 is 1.04 bits per heavy atom. The molecule has 7 heteroatoms. The minimum absolute atomic E-state index is 0.159. The molecule has 0 saturated heterocycles. The number of nitrogens with one attached hydrogen (secondary N) is 1. The molecule has 3 heterocycles. The molecule has 0 spiro atoms. The van der Waals surface area contributed by atoms with Gasteiger partial charge in [0.1, 0.15) is 5.82 Å². The average molecular weight is 348 g/mol. The number of imidazole rings is 1. The Morgan fingerprint density at radius 2 is 1.92 bits per heavy atom. The number of aromatic nitrogens is 5. The fourth-order valence-corrected chi connectivity index (χ4v) is 2.81. The Morgan fingerprint density at radius 3 is 2.77 bits per heavy atom. The van der Waals surface area contributed by atoms with Crippen LogP contribution < -0.4 is 5.32 Å². The van der Waals surface area contributed by atoms with Crippen molar-refractivity contribution in [2.45, 2.75) is 13.0 Å². The zero-order chi connectivity index (χ0) is 17.8. The maximum Gasteiger partial charge on any atom is 0.154 e. The summed E-state index contributed by atoms with van der Waals surface area (Å²) < 4.78 is 3.72. The Balaban J connectivity index is 1.59. The highest BCUT2D eigenvalue weighted by atomic mass is 16.3. The molecule has 1 aromatic carbocycles. The van der Waals surface area contributed by atoms with E-state index >= 15 is 0 Å². The van der Waals surface area contributed by atoms with Gasteiger partial charge in [0, 0.05) is 24.9 Å². The largest absolute Gasteiger partial charge is 0.396 e. The van der Waals surface area contributed by atoms with E-state index in [0.717, 1.165) is 29.3 Å². The number of anilines is 1. The molecule has 2 N–H and O–H groups in total. The van der Waals surface area contributed by atoms with E-state index in [1.54, 1.807) is 0 Å². The molecule has 132 valence electrons. The van der Waals surface area contributed by atoms with Crippen molar-refractivity contribution in [2.24, 2.45) is 0 Å². The fourth-order valence-electron chi connectivity index (χ4n) is 2.81. The number of aliphatic hydroxyl groups is 1. The van der Waals surface area contributed by atoms with Crippen LogP contribution in [0.15, 0.2) is 61.1 Å². The molecule has 4 aromatic rings. The van der Waals surface area contributed by atoms with Gasteiger partial charge in [-0.3, -0.25) is 4.68 Å². The highest BCUT2D eigenvalue weighted by Gasteiger charge is 2.10. The second-order valence-corrected chi connectivity index (χ2v) is 6.05. The monoisotopic (exact) mass is 348 g/mol. The summed E-state index contributed by atoms with van der Waals surface area (Å²) in [7, 11) is 0. The molecule has 0 radical (unpaired) electrons. The number of hydrogen-bond donors (Lipinski definition) is 2. The molecule has 0 saturated carbocycles. The van der Waals surface area contributed by atoms with Crippen LogP contribution in [-0.2, 0) is 6.54 Å².